The minimum absolute atomic E-state index is 0.113. The fraction of sp³-hybridized carbons (Fsp3) is 0.385. The molecule has 1 atom stereocenters. The van der Waals surface area contributed by atoms with Crippen LogP contribution >= 0.6 is 15.9 Å². The molecule has 2 amide bonds. The van der Waals surface area contributed by atoms with Crippen molar-refractivity contribution in [2.75, 3.05) is 22.1 Å². The van der Waals surface area contributed by atoms with Gasteiger partial charge in [0.2, 0.25) is 11.8 Å². The molecule has 1 aliphatic rings. The van der Waals surface area contributed by atoms with E-state index in [1.165, 1.54) is 6.92 Å². The average Bonchev–Trinajstić information content (AvgIpc) is 2.70. The van der Waals surface area contributed by atoms with Gasteiger partial charge in [-0.2, -0.15) is 0 Å². The van der Waals surface area contributed by atoms with Crippen LogP contribution in [-0.4, -0.2) is 23.7 Å². The van der Waals surface area contributed by atoms with Gasteiger partial charge in [-0.1, -0.05) is 22.0 Å². The van der Waals surface area contributed by atoms with E-state index in [0.717, 1.165) is 23.2 Å². The Bertz CT molecular complexity index is 476. The fourth-order valence-corrected chi connectivity index (χ4v) is 2.52. The number of alkyl halides is 1. The van der Waals surface area contributed by atoms with Crippen molar-refractivity contribution in [3.63, 3.8) is 0 Å². The van der Waals surface area contributed by atoms with Crippen molar-refractivity contribution in [2.24, 2.45) is 5.92 Å². The van der Waals surface area contributed by atoms with Gasteiger partial charge in [0.05, 0.1) is 0 Å². The monoisotopic (exact) mass is 310 g/mol. The van der Waals surface area contributed by atoms with Gasteiger partial charge in [0.25, 0.3) is 0 Å². The van der Waals surface area contributed by atoms with Crippen LogP contribution in [0.25, 0.3) is 0 Å². The molecule has 1 aliphatic heterocycles. The second kappa shape index (κ2) is 5.52. The summed E-state index contributed by atoms with van der Waals surface area (Å²) in [4.78, 5) is 24.7. The summed E-state index contributed by atoms with van der Waals surface area (Å²) < 4.78 is 0. The third kappa shape index (κ3) is 2.90. The van der Waals surface area contributed by atoms with E-state index in [0.29, 0.717) is 12.3 Å². The highest BCUT2D eigenvalue weighted by Gasteiger charge is 2.29. The number of amides is 2. The first-order valence-corrected chi connectivity index (χ1v) is 6.96. The van der Waals surface area contributed by atoms with E-state index in [4.69, 9.17) is 0 Å². The third-order valence-electron chi connectivity index (χ3n) is 2.90. The van der Waals surface area contributed by atoms with Crippen molar-refractivity contribution in [2.45, 2.75) is 13.3 Å². The largest absolute Gasteiger partial charge is 0.326 e. The highest BCUT2D eigenvalue weighted by molar-refractivity contribution is 9.09. The van der Waals surface area contributed by atoms with Gasteiger partial charge in [0.15, 0.2) is 0 Å². The molecule has 5 heteroatoms. The number of rotatable bonds is 3. The molecule has 0 radical (unpaired) electrons. The van der Waals surface area contributed by atoms with E-state index in [1.807, 2.05) is 24.3 Å². The number of hydrogen-bond acceptors (Lipinski definition) is 2. The quantitative estimate of drug-likeness (QED) is 0.872. The number of hydrogen-bond donors (Lipinski definition) is 1. The molecule has 0 spiro atoms. The molecule has 1 fully saturated rings. The van der Waals surface area contributed by atoms with E-state index in [-0.39, 0.29) is 11.8 Å². The van der Waals surface area contributed by atoms with Crippen LogP contribution in [0.2, 0.25) is 0 Å². The smallest absolute Gasteiger partial charge is 0.227 e. The summed E-state index contributed by atoms with van der Waals surface area (Å²) in [5, 5.41) is 3.56. The highest BCUT2D eigenvalue weighted by atomic mass is 79.9. The zero-order valence-electron chi connectivity index (χ0n) is 10.1. The summed E-state index contributed by atoms with van der Waals surface area (Å²) >= 11 is 3.42. The lowest BCUT2D eigenvalue weighted by atomic mass is 10.2. The van der Waals surface area contributed by atoms with Crippen LogP contribution in [0.15, 0.2) is 24.3 Å². The number of anilines is 2. The molecule has 4 nitrogen and oxygen atoms in total. The Morgan fingerprint density at radius 2 is 2.33 bits per heavy atom. The second-order valence-corrected chi connectivity index (χ2v) is 5.11. The summed E-state index contributed by atoms with van der Waals surface area (Å²) in [5.74, 6) is 0.389. The number of carbonyl (C=O) groups excluding carboxylic acids is 2. The Kier molecular flexibility index (Phi) is 4.01. The molecule has 0 aliphatic carbocycles. The van der Waals surface area contributed by atoms with Crippen LogP contribution in [0.5, 0.6) is 0 Å². The van der Waals surface area contributed by atoms with E-state index < -0.39 is 0 Å². The van der Waals surface area contributed by atoms with Gasteiger partial charge in [-0.3, -0.25) is 9.59 Å². The average molecular weight is 311 g/mol. The standard InChI is InChI=1S/C13H15BrN2O2/c1-9(17)15-11-3-2-4-12(6-11)16-8-10(7-14)5-13(16)18/h2-4,6,10H,5,7-8H2,1H3,(H,15,17). The van der Waals surface area contributed by atoms with Crippen LogP contribution in [0.3, 0.4) is 0 Å². The zero-order chi connectivity index (χ0) is 13.1. The molecule has 1 heterocycles. The summed E-state index contributed by atoms with van der Waals surface area (Å²) in [6, 6.07) is 7.37. The normalized spacial score (nSPS) is 19.1. The molecule has 0 aromatic heterocycles. The molecule has 1 unspecified atom stereocenters. The van der Waals surface area contributed by atoms with Crippen LogP contribution in [0, 0.1) is 5.92 Å². The molecule has 1 saturated heterocycles. The van der Waals surface area contributed by atoms with Crippen molar-refractivity contribution in [1.29, 1.82) is 0 Å². The molecule has 0 bridgehead atoms. The molecule has 0 saturated carbocycles. The number of nitrogens with zero attached hydrogens (tertiary/aromatic N) is 1. The molecule has 1 aromatic carbocycles. The topological polar surface area (TPSA) is 49.4 Å². The van der Waals surface area contributed by atoms with Crippen LogP contribution in [0.4, 0.5) is 11.4 Å². The summed E-state index contributed by atoms with van der Waals surface area (Å²) in [5.41, 5.74) is 1.56. The van der Waals surface area contributed by atoms with Gasteiger partial charge in [-0.25, -0.2) is 0 Å². The van der Waals surface area contributed by atoms with Gasteiger partial charge >= 0.3 is 0 Å². The first-order chi connectivity index (χ1) is 8.60. The summed E-state index contributed by atoms with van der Waals surface area (Å²) in [6.45, 7) is 2.20. The Labute approximate surface area is 114 Å². The highest BCUT2D eigenvalue weighted by Crippen LogP contribution is 2.27. The van der Waals surface area contributed by atoms with Crippen LogP contribution in [0.1, 0.15) is 13.3 Å². The van der Waals surface area contributed by atoms with Gasteiger partial charge < -0.3 is 10.2 Å². The third-order valence-corrected chi connectivity index (χ3v) is 3.82. The van der Waals surface area contributed by atoms with Gasteiger partial charge in [-0.05, 0) is 24.1 Å². The van der Waals surface area contributed by atoms with Crippen molar-refractivity contribution in [3.05, 3.63) is 24.3 Å². The van der Waals surface area contributed by atoms with Crippen molar-refractivity contribution in [3.8, 4) is 0 Å². The molecular weight excluding hydrogens is 296 g/mol. The predicted octanol–water partition coefficient (Wildman–Crippen LogP) is 2.39. The molecule has 1 N–H and O–H groups in total. The maximum Gasteiger partial charge on any atom is 0.227 e. The Hall–Kier alpha value is -1.36. The first-order valence-electron chi connectivity index (χ1n) is 5.84. The zero-order valence-corrected chi connectivity index (χ0v) is 11.7. The van der Waals surface area contributed by atoms with Crippen molar-refractivity contribution < 1.29 is 9.59 Å². The van der Waals surface area contributed by atoms with Crippen LogP contribution < -0.4 is 10.2 Å². The van der Waals surface area contributed by atoms with E-state index >= 15 is 0 Å². The van der Waals surface area contributed by atoms with E-state index in [1.54, 1.807) is 4.90 Å². The Morgan fingerprint density at radius 3 is 2.94 bits per heavy atom. The molecule has 2 rings (SSSR count). The van der Waals surface area contributed by atoms with E-state index in [9.17, 15) is 9.59 Å². The minimum atomic E-state index is -0.113. The maximum atomic E-state index is 11.9. The Balaban J connectivity index is 2.18. The minimum Gasteiger partial charge on any atom is -0.326 e. The van der Waals surface area contributed by atoms with Crippen LogP contribution in [-0.2, 0) is 9.59 Å². The lowest BCUT2D eigenvalue weighted by molar-refractivity contribution is -0.117. The fourth-order valence-electron chi connectivity index (χ4n) is 2.09. The maximum absolute atomic E-state index is 11.9. The van der Waals surface area contributed by atoms with Crippen molar-refractivity contribution in [1.82, 2.24) is 0 Å². The number of carbonyl (C=O) groups is 2. The number of nitrogens with one attached hydrogen (secondary N) is 1. The second-order valence-electron chi connectivity index (χ2n) is 4.46. The summed E-state index contributed by atoms with van der Waals surface area (Å²) in [6.07, 6.45) is 0.579. The van der Waals surface area contributed by atoms with Gasteiger partial charge in [0, 0.05) is 36.6 Å². The molecule has 18 heavy (non-hydrogen) atoms. The molecule has 96 valence electrons. The molecule has 1 aromatic rings. The lowest BCUT2D eigenvalue weighted by Gasteiger charge is -2.17. The Morgan fingerprint density at radius 1 is 1.56 bits per heavy atom. The van der Waals surface area contributed by atoms with Gasteiger partial charge in [0.1, 0.15) is 0 Å². The van der Waals surface area contributed by atoms with Gasteiger partial charge in [-0.15, -0.1) is 0 Å². The first kappa shape index (κ1) is 13.1. The number of halogens is 1. The molecular formula is C13H15BrN2O2. The number of benzene rings is 1. The summed E-state index contributed by atoms with van der Waals surface area (Å²) in [7, 11) is 0. The van der Waals surface area contributed by atoms with Crippen molar-refractivity contribution >= 4 is 39.1 Å². The lowest BCUT2D eigenvalue weighted by Crippen LogP contribution is -2.24. The van der Waals surface area contributed by atoms with E-state index in [2.05, 4.69) is 21.2 Å². The predicted molar refractivity (Wildman–Crippen MR) is 75.0 cm³/mol. The SMILES string of the molecule is CC(=O)Nc1cccc(N2CC(CBr)CC2=O)c1.